The number of nitrogens with two attached hydrogens (primary N) is 1. The van der Waals surface area contributed by atoms with E-state index >= 15 is 0 Å². The number of carbonyl (C=O) groups is 1. The Hall–Kier alpha value is -1.26. The fraction of sp³-hybridized carbons (Fsp3) is 0.125. The molecule has 0 radical (unpaired) electrons. The molecule has 0 heterocycles. The first-order valence-electron chi connectivity index (χ1n) is 3.41. The van der Waals surface area contributed by atoms with E-state index in [1.165, 1.54) is 18.2 Å². The SMILES string of the molecule is Cl.NCC(=O)c1cccc(O)c1O. The number of carbonyl (C=O) groups excluding carboxylic acids is 1. The van der Waals surface area contributed by atoms with Crippen molar-refractivity contribution >= 4 is 18.2 Å². The first-order chi connectivity index (χ1) is 5.66. The number of hydrogen-bond acceptors (Lipinski definition) is 4. The largest absolute Gasteiger partial charge is 0.504 e. The second-order valence-corrected chi connectivity index (χ2v) is 2.30. The molecule has 4 nitrogen and oxygen atoms in total. The maximum absolute atomic E-state index is 11.0. The Kier molecular flexibility index (Phi) is 4.23. The van der Waals surface area contributed by atoms with Gasteiger partial charge in [0, 0.05) is 0 Å². The van der Waals surface area contributed by atoms with Crippen LogP contribution in [0.3, 0.4) is 0 Å². The summed E-state index contributed by atoms with van der Waals surface area (Å²) in [6.45, 7) is -0.184. The molecular weight excluding hydrogens is 194 g/mol. The smallest absolute Gasteiger partial charge is 0.180 e. The summed E-state index contributed by atoms with van der Waals surface area (Å²) in [5.41, 5.74) is 5.13. The van der Waals surface area contributed by atoms with Crippen LogP contribution in [-0.4, -0.2) is 22.5 Å². The molecule has 4 N–H and O–H groups in total. The fourth-order valence-electron chi connectivity index (χ4n) is 0.866. The minimum absolute atomic E-state index is 0. The minimum atomic E-state index is -0.409. The van der Waals surface area contributed by atoms with Gasteiger partial charge in [-0.3, -0.25) is 4.79 Å². The van der Waals surface area contributed by atoms with Gasteiger partial charge in [-0.15, -0.1) is 12.4 Å². The molecule has 0 aliphatic carbocycles. The lowest BCUT2D eigenvalue weighted by Gasteiger charge is -2.02. The maximum Gasteiger partial charge on any atom is 0.180 e. The molecule has 0 atom stereocenters. The van der Waals surface area contributed by atoms with E-state index in [0.29, 0.717) is 0 Å². The standard InChI is InChI=1S/C8H9NO3.ClH/c9-4-7(11)5-2-1-3-6(10)8(5)12;/h1-3,10,12H,4,9H2;1H. The molecule has 0 unspecified atom stereocenters. The predicted octanol–water partition coefficient (Wildman–Crippen LogP) is 0.661. The zero-order valence-corrected chi connectivity index (χ0v) is 7.54. The molecule has 0 saturated carbocycles. The van der Waals surface area contributed by atoms with Crippen molar-refractivity contribution in [1.82, 2.24) is 0 Å². The van der Waals surface area contributed by atoms with Gasteiger partial charge in [0.2, 0.25) is 0 Å². The molecule has 0 bridgehead atoms. The Balaban J connectivity index is 0.00000144. The number of phenolic OH excluding ortho intramolecular Hbond substituents is 2. The Morgan fingerprint density at radius 2 is 2.00 bits per heavy atom. The van der Waals surface area contributed by atoms with Gasteiger partial charge >= 0.3 is 0 Å². The number of hydrogen-bond donors (Lipinski definition) is 3. The third-order valence-corrected chi connectivity index (χ3v) is 1.50. The van der Waals surface area contributed by atoms with Crippen LogP contribution >= 0.6 is 12.4 Å². The molecule has 5 heteroatoms. The molecule has 1 aromatic rings. The van der Waals surface area contributed by atoms with Crippen LogP contribution in [0.2, 0.25) is 0 Å². The van der Waals surface area contributed by atoms with Gasteiger partial charge in [0.15, 0.2) is 17.3 Å². The molecule has 0 aliphatic rings. The lowest BCUT2D eigenvalue weighted by molar-refractivity contribution is 0.0998. The van der Waals surface area contributed by atoms with Gasteiger partial charge in [-0.25, -0.2) is 0 Å². The van der Waals surface area contributed by atoms with Gasteiger partial charge in [0.05, 0.1) is 12.1 Å². The molecule has 1 rings (SSSR count). The number of Topliss-reactive ketones (excluding diaryl/α,β-unsaturated/α-hetero) is 1. The zero-order chi connectivity index (χ0) is 9.14. The van der Waals surface area contributed by atoms with Crippen molar-refractivity contribution in [3.05, 3.63) is 23.8 Å². The summed E-state index contributed by atoms with van der Waals surface area (Å²) in [5, 5.41) is 18.2. The van der Waals surface area contributed by atoms with E-state index in [2.05, 4.69) is 0 Å². The summed E-state index contributed by atoms with van der Waals surface area (Å²) in [4.78, 5) is 11.0. The Morgan fingerprint density at radius 3 is 2.54 bits per heavy atom. The first-order valence-corrected chi connectivity index (χ1v) is 3.41. The molecule has 0 saturated heterocycles. The Labute approximate surface area is 81.4 Å². The summed E-state index contributed by atoms with van der Waals surface area (Å²) in [5.74, 6) is -1.12. The van der Waals surface area contributed by atoms with E-state index in [0.717, 1.165) is 0 Å². The van der Waals surface area contributed by atoms with Crippen LogP contribution in [0.15, 0.2) is 18.2 Å². The first kappa shape index (κ1) is 11.7. The van der Waals surface area contributed by atoms with E-state index in [1.54, 1.807) is 0 Å². The molecular formula is C8H10ClNO3. The monoisotopic (exact) mass is 203 g/mol. The quantitative estimate of drug-likeness (QED) is 0.487. The molecule has 1 aromatic carbocycles. The normalized spacial score (nSPS) is 9.00. The van der Waals surface area contributed by atoms with Gasteiger partial charge in [0.25, 0.3) is 0 Å². The molecule has 0 spiro atoms. The van der Waals surface area contributed by atoms with Crippen molar-refractivity contribution in [3.8, 4) is 11.5 Å². The van der Waals surface area contributed by atoms with Crippen LogP contribution in [0.1, 0.15) is 10.4 Å². The highest BCUT2D eigenvalue weighted by atomic mass is 35.5. The summed E-state index contributed by atoms with van der Waals surface area (Å²) >= 11 is 0. The number of ketones is 1. The van der Waals surface area contributed by atoms with Gasteiger partial charge in [-0.2, -0.15) is 0 Å². The third kappa shape index (κ3) is 2.34. The van der Waals surface area contributed by atoms with Crippen molar-refractivity contribution in [2.75, 3.05) is 6.54 Å². The van der Waals surface area contributed by atoms with E-state index < -0.39 is 11.5 Å². The summed E-state index contributed by atoms with van der Waals surface area (Å²) in [6, 6.07) is 4.17. The van der Waals surface area contributed by atoms with Crippen LogP contribution in [0.25, 0.3) is 0 Å². The highest BCUT2D eigenvalue weighted by molar-refractivity contribution is 6.00. The van der Waals surface area contributed by atoms with Crippen LogP contribution < -0.4 is 5.73 Å². The average molecular weight is 204 g/mol. The number of benzene rings is 1. The topological polar surface area (TPSA) is 83.6 Å². The number of halogens is 1. The molecule has 0 fully saturated rings. The molecule has 0 aromatic heterocycles. The van der Waals surface area contributed by atoms with E-state index in [1.807, 2.05) is 0 Å². The van der Waals surface area contributed by atoms with Crippen molar-refractivity contribution < 1.29 is 15.0 Å². The van der Waals surface area contributed by atoms with E-state index in [-0.39, 0.29) is 30.3 Å². The Bertz CT molecular complexity index is 314. The van der Waals surface area contributed by atoms with Gasteiger partial charge in [0.1, 0.15) is 0 Å². The predicted molar refractivity (Wildman–Crippen MR) is 50.4 cm³/mol. The lowest BCUT2D eigenvalue weighted by Crippen LogP contribution is -2.13. The molecule has 13 heavy (non-hydrogen) atoms. The third-order valence-electron chi connectivity index (χ3n) is 1.50. The minimum Gasteiger partial charge on any atom is -0.504 e. The lowest BCUT2D eigenvalue weighted by atomic mass is 10.1. The van der Waals surface area contributed by atoms with Crippen molar-refractivity contribution in [1.29, 1.82) is 0 Å². The Morgan fingerprint density at radius 1 is 1.38 bits per heavy atom. The zero-order valence-electron chi connectivity index (χ0n) is 6.73. The van der Waals surface area contributed by atoms with Gasteiger partial charge in [-0.1, -0.05) is 6.07 Å². The number of phenols is 2. The number of para-hydroxylation sites is 1. The highest BCUT2D eigenvalue weighted by Crippen LogP contribution is 2.27. The maximum atomic E-state index is 11.0. The number of aromatic hydroxyl groups is 2. The van der Waals surface area contributed by atoms with Crippen LogP contribution in [0.5, 0.6) is 11.5 Å². The van der Waals surface area contributed by atoms with Gasteiger partial charge in [-0.05, 0) is 12.1 Å². The van der Waals surface area contributed by atoms with Crippen molar-refractivity contribution in [2.45, 2.75) is 0 Å². The second-order valence-electron chi connectivity index (χ2n) is 2.30. The summed E-state index contributed by atoms with van der Waals surface area (Å²) < 4.78 is 0. The molecule has 0 amide bonds. The van der Waals surface area contributed by atoms with E-state index in [4.69, 9.17) is 10.8 Å². The van der Waals surface area contributed by atoms with E-state index in [9.17, 15) is 9.90 Å². The van der Waals surface area contributed by atoms with Gasteiger partial charge < -0.3 is 15.9 Å². The van der Waals surface area contributed by atoms with Crippen LogP contribution in [0, 0.1) is 0 Å². The van der Waals surface area contributed by atoms with Crippen molar-refractivity contribution in [2.24, 2.45) is 5.73 Å². The van der Waals surface area contributed by atoms with Crippen molar-refractivity contribution in [3.63, 3.8) is 0 Å². The van der Waals surface area contributed by atoms with Crippen LogP contribution in [0.4, 0.5) is 0 Å². The fourth-order valence-corrected chi connectivity index (χ4v) is 0.866. The molecule has 72 valence electrons. The average Bonchev–Trinajstić information content (AvgIpc) is 2.08. The molecule has 0 aliphatic heterocycles. The highest BCUT2D eigenvalue weighted by Gasteiger charge is 2.11. The second kappa shape index (κ2) is 4.69. The number of rotatable bonds is 2. The summed E-state index contributed by atoms with van der Waals surface area (Å²) in [7, 11) is 0. The summed E-state index contributed by atoms with van der Waals surface area (Å²) in [6.07, 6.45) is 0. The van der Waals surface area contributed by atoms with Crippen LogP contribution in [-0.2, 0) is 0 Å².